The Bertz CT molecular complexity index is 804. The maximum atomic E-state index is 13.1. The smallest absolute Gasteiger partial charge is 0.328 e. The van der Waals surface area contributed by atoms with Crippen molar-refractivity contribution in [3.05, 3.63) is 35.9 Å². The third-order valence-corrected chi connectivity index (χ3v) is 7.31. The van der Waals surface area contributed by atoms with Crippen molar-refractivity contribution in [1.82, 2.24) is 10.6 Å². The Labute approximate surface area is 207 Å². The Kier molecular flexibility index (Phi) is 11.2. The summed E-state index contributed by atoms with van der Waals surface area (Å²) in [5, 5.41) is 6.92. The van der Waals surface area contributed by atoms with Gasteiger partial charge in [0.05, 0.1) is 12.6 Å². The van der Waals surface area contributed by atoms with Gasteiger partial charge in [-0.25, -0.2) is 9.79 Å². The third kappa shape index (κ3) is 8.31. The molecule has 3 unspecified atom stereocenters. The summed E-state index contributed by atoms with van der Waals surface area (Å²) in [4.78, 5) is 30.4. The summed E-state index contributed by atoms with van der Waals surface area (Å²) >= 11 is 1.70. The normalized spacial score (nSPS) is 22.3. The first-order valence-electron chi connectivity index (χ1n) is 12.6. The molecule has 4 atom stereocenters. The molecule has 1 fully saturated rings. The molecule has 34 heavy (non-hydrogen) atoms. The van der Waals surface area contributed by atoms with Crippen molar-refractivity contribution >= 4 is 28.9 Å². The van der Waals surface area contributed by atoms with Crippen LogP contribution in [0.3, 0.4) is 0 Å². The van der Waals surface area contributed by atoms with Crippen molar-refractivity contribution in [2.45, 2.75) is 76.5 Å². The Morgan fingerprint density at radius 2 is 1.97 bits per heavy atom. The van der Waals surface area contributed by atoms with Crippen LogP contribution in [0.5, 0.6) is 0 Å². The van der Waals surface area contributed by atoms with E-state index in [0.29, 0.717) is 12.8 Å². The van der Waals surface area contributed by atoms with Crippen LogP contribution >= 0.6 is 11.8 Å². The molecule has 0 aromatic heterocycles. The summed E-state index contributed by atoms with van der Waals surface area (Å²) in [6.07, 6.45) is 7.55. The van der Waals surface area contributed by atoms with E-state index in [1.54, 1.807) is 18.7 Å². The molecule has 1 aliphatic carbocycles. The number of carbonyl (C=O) groups is 2. The van der Waals surface area contributed by atoms with E-state index in [4.69, 9.17) is 14.5 Å². The average molecular weight is 490 g/mol. The molecule has 1 heterocycles. The summed E-state index contributed by atoms with van der Waals surface area (Å²) in [6.45, 7) is 3.14. The number of benzene rings is 1. The van der Waals surface area contributed by atoms with E-state index < -0.39 is 6.04 Å². The van der Waals surface area contributed by atoms with E-state index >= 15 is 0 Å². The largest absolute Gasteiger partial charge is 0.467 e. The van der Waals surface area contributed by atoms with Crippen LogP contribution in [-0.4, -0.2) is 61.2 Å². The molecule has 3 rings (SSSR count). The van der Waals surface area contributed by atoms with Crippen molar-refractivity contribution in [1.29, 1.82) is 0 Å². The Hall–Kier alpha value is -2.06. The molecule has 188 valence electrons. The highest BCUT2D eigenvalue weighted by Gasteiger charge is 2.40. The van der Waals surface area contributed by atoms with Crippen LogP contribution in [0.2, 0.25) is 0 Å². The first kappa shape index (κ1) is 26.5. The van der Waals surface area contributed by atoms with Crippen LogP contribution in [0.15, 0.2) is 35.3 Å². The van der Waals surface area contributed by atoms with Crippen molar-refractivity contribution in [2.24, 2.45) is 10.9 Å². The maximum absolute atomic E-state index is 13.1. The Morgan fingerprint density at radius 1 is 1.18 bits per heavy atom. The molecule has 1 aromatic carbocycles. The fraction of sp³-hybridized carbons (Fsp3) is 0.654. The van der Waals surface area contributed by atoms with Gasteiger partial charge in [0.1, 0.15) is 12.1 Å². The van der Waals surface area contributed by atoms with E-state index in [1.807, 2.05) is 37.4 Å². The number of ether oxygens (including phenoxy) is 2. The molecular formula is C26H39N3O4S. The second-order valence-electron chi connectivity index (χ2n) is 9.00. The van der Waals surface area contributed by atoms with Crippen molar-refractivity contribution in [3.63, 3.8) is 0 Å². The van der Waals surface area contributed by atoms with E-state index in [1.165, 1.54) is 19.3 Å². The van der Waals surface area contributed by atoms with E-state index in [9.17, 15) is 9.59 Å². The number of carbonyl (C=O) groups excluding carboxylic acids is 2. The highest BCUT2D eigenvalue weighted by Crippen LogP contribution is 2.34. The van der Waals surface area contributed by atoms with Gasteiger partial charge in [-0.3, -0.25) is 4.79 Å². The SMILES string of the molecule is CCOC(=O)[C@@H](Cc1ccccc1)NC(=O)C1CCC2OC(SCCCCCCNC)=NC2C1. The lowest BCUT2D eigenvalue weighted by Gasteiger charge is -2.29. The number of nitrogens with zero attached hydrogens (tertiary/aromatic N) is 1. The van der Waals surface area contributed by atoms with Crippen LogP contribution < -0.4 is 10.6 Å². The van der Waals surface area contributed by atoms with E-state index in [-0.39, 0.29) is 36.5 Å². The molecule has 2 N–H and O–H groups in total. The molecule has 1 aliphatic heterocycles. The minimum absolute atomic E-state index is 0.0257. The molecule has 0 spiro atoms. The molecule has 1 amide bonds. The number of fused-ring (bicyclic) bond motifs is 1. The minimum Gasteiger partial charge on any atom is -0.467 e. The topological polar surface area (TPSA) is 89.0 Å². The first-order valence-corrected chi connectivity index (χ1v) is 13.6. The summed E-state index contributed by atoms with van der Waals surface area (Å²) in [6, 6.07) is 9.04. The summed E-state index contributed by atoms with van der Waals surface area (Å²) in [5.41, 5.74) is 0.988. The second-order valence-corrected chi connectivity index (χ2v) is 10.0. The van der Waals surface area contributed by atoms with E-state index in [0.717, 1.165) is 42.4 Å². The lowest BCUT2D eigenvalue weighted by molar-refractivity contribution is -0.148. The molecule has 1 saturated carbocycles. The standard InChI is InChI=1S/C26H39N3O4S/c1-3-32-25(31)22(17-19-11-7-6-8-12-19)28-24(30)20-13-14-23-21(18-20)29-26(33-23)34-16-10-5-4-9-15-27-2/h6-8,11-12,20-23,27H,3-5,9-10,13-18H2,1-2H3,(H,28,30)/t20?,21?,22-,23?/m1/s1. The average Bonchev–Trinajstić information content (AvgIpc) is 3.26. The zero-order valence-electron chi connectivity index (χ0n) is 20.5. The van der Waals surface area contributed by atoms with Gasteiger partial charge in [0.2, 0.25) is 11.1 Å². The third-order valence-electron chi connectivity index (χ3n) is 6.37. The van der Waals surface area contributed by atoms with Gasteiger partial charge in [-0.15, -0.1) is 0 Å². The van der Waals surface area contributed by atoms with Gasteiger partial charge >= 0.3 is 5.97 Å². The minimum atomic E-state index is -0.685. The van der Waals surface area contributed by atoms with Gasteiger partial charge in [0, 0.05) is 18.1 Å². The van der Waals surface area contributed by atoms with Crippen molar-refractivity contribution in [2.75, 3.05) is 26.0 Å². The Balaban J connectivity index is 1.47. The molecule has 2 aliphatic rings. The number of hydrogen-bond donors (Lipinski definition) is 2. The molecular weight excluding hydrogens is 450 g/mol. The number of unbranched alkanes of at least 4 members (excludes halogenated alkanes) is 3. The van der Waals surface area contributed by atoms with Gasteiger partial charge in [0.15, 0.2) is 0 Å². The number of amides is 1. The van der Waals surface area contributed by atoms with Crippen LogP contribution in [0.1, 0.15) is 57.4 Å². The van der Waals surface area contributed by atoms with Crippen LogP contribution in [0, 0.1) is 5.92 Å². The zero-order valence-corrected chi connectivity index (χ0v) is 21.3. The lowest BCUT2D eigenvalue weighted by atomic mass is 9.83. The predicted octanol–water partition coefficient (Wildman–Crippen LogP) is 3.71. The molecule has 0 bridgehead atoms. The second kappa shape index (κ2) is 14.4. The fourth-order valence-corrected chi connectivity index (χ4v) is 5.41. The number of esters is 1. The number of thioether (sulfide) groups is 1. The molecule has 8 heteroatoms. The van der Waals surface area contributed by atoms with Crippen LogP contribution in [0.4, 0.5) is 0 Å². The Morgan fingerprint density at radius 3 is 2.74 bits per heavy atom. The predicted molar refractivity (Wildman–Crippen MR) is 137 cm³/mol. The lowest BCUT2D eigenvalue weighted by Crippen LogP contribution is -2.47. The van der Waals surface area contributed by atoms with Gasteiger partial charge in [-0.2, -0.15) is 0 Å². The molecule has 0 saturated heterocycles. The van der Waals surface area contributed by atoms with Gasteiger partial charge in [-0.05, 0) is 58.2 Å². The van der Waals surface area contributed by atoms with Crippen LogP contribution in [0.25, 0.3) is 0 Å². The van der Waals surface area contributed by atoms with E-state index in [2.05, 4.69) is 10.6 Å². The molecule has 7 nitrogen and oxygen atoms in total. The first-order chi connectivity index (χ1) is 16.6. The fourth-order valence-electron chi connectivity index (χ4n) is 4.49. The molecule has 1 aromatic rings. The highest BCUT2D eigenvalue weighted by molar-refractivity contribution is 8.13. The zero-order chi connectivity index (χ0) is 24.2. The van der Waals surface area contributed by atoms with Crippen molar-refractivity contribution in [3.8, 4) is 0 Å². The van der Waals surface area contributed by atoms with Gasteiger partial charge in [0.25, 0.3) is 0 Å². The van der Waals surface area contributed by atoms with Crippen molar-refractivity contribution < 1.29 is 19.1 Å². The number of hydrogen-bond acceptors (Lipinski definition) is 7. The van der Waals surface area contributed by atoms with Crippen LogP contribution in [-0.2, 0) is 25.5 Å². The quantitative estimate of drug-likeness (QED) is 0.324. The summed E-state index contributed by atoms with van der Waals surface area (Å²) in [7, 11) is 1.99. The summed E-state index contributed by atoms with van der Waals surface area (Å²) < 4.78 is 11.3. The van der Waals surface area contributed by atoms with Gasteiger partial charge < -0.3 is 20.1 Å². The highest BCUT2D eigenvalue weighted by atomic mass is 32.2. The molecule has 0 radical (unpaired) electrons. The number of rotatable bonds is 13. The summed E-state index contributed by atoms with van der Waals surface area (Å²) in [5.74, 6) is 0.367. The van der Waals surface area contributed by atoms with Gasteiger partial charge in [-0.1, -0.05) is 54.9 Å². The maximum Gasteiger partial charge on any atom is 0.328 e. The monoisotopic (exact) mass is 489 g/mol. The number of aliphatic imine (C=N–C) groups is 1. The number of nitrogens with one attached hydrogen (secondary N) is 2.